The lowest BCUT2D eigenvalue weighted by atomic mass is 10.0. The first kappa shape index (κ1) is 28.2. The number of aliphatic carboxylic acids is 1. The summed E-state index contributed by atoms with van der Waals surface area (Å²) < 4.78 is 0. The van der Waals surface area contributed by atoms with Crippen molar-refractivity contribution in [3.05, 3.63) is 65.9 Å². The second-order valence-electron chi connectivity index (χ2n) is 9.45. The van der Waals surface area contributed by atoms with Crippen molar-refractivity contribution in [3.8, 4) is 5.75 Å². The molecule has 0 aliphatic heterocycles. The molecule has 38 heavy (non-hydrogen) atoms. The smallest absolute Gasteiger partial charge is 0.326 e. The number of aromatic nitrogens is 1. The van der Waals surface area contributed by atoms with E-state index in [0.717, 1.165) is 16.5 Å². The van der Waals surface area contributed by atoms with Crippen molar-refractivity contribution < 1.29 is 29.4 Å². The molecule has 0 spiro atoms. The van der Waals surface area contributed by atoms with Crippen LogP contribution in [0.2, 0.25) is 0 Å². The summed E-state index contributed by atoms with van der Waals surface area (Å²) in [5.74, 6) is -3.36. The predicted molar refractivity (Wildman–Crippen MR) is 141 cm³/mol. The van der Waals surface area contributed by atoms with Gasteiger partial charge in [-0.1, -0.05) is 44.2 Å². The molecule has 0 radical (unpaired) electrons. The molecule has 3 unspecified atom stereocenters. The molecule has 3 atom stereocenters. The number of carbonyl (C=O) groups excluding carboxylic acids is 3. The maximum atomic E-state index is 12.9. The first-order chi connectivity index (χ1) is 18.0. The Morgan fingerprint density at radius 1 is 0.947 bits per heavy atom. The molecule has 0 saturated carbocycles. The van der Waals surface area contributed by atoms with E-state index in [1.54, 1.807) is 32.2 Å². The molecule has 2 aromatic carbocycles. The Labute approximate surface area is 219 Å². The van der Waals surface area contributed by atoms with Crippen LogP contribution in [-0.4, -0.2) is 63.6 Å². The molecule has 1 heterocycles. The molecule has 11 heteroatoms. The number of H-pyrrole nitrogens is 1. The van der Waals surface area contributed by atoms with Gasteiger partial charge < -0.3 is 36.9 Å². The third-order valence-corrected chi connectivity index (χ3v) is 6.13. The molecular weight excluding hydrogens is 490 g/mol. The lowest BCUT2D eigenvalue weighted by Crippen LogP contribution is -2.56. The van der Waals surface area contributed by atoms with E-state index < -0.39 is 48.4 Å². The van der Waals surface area contributed by atoms with Crippen LogP contribution in [0.3, 0.4) is 0 Å². The number of amides is 3. The van der Waals surface area contributed by atoms with Crippen LogP contribution in [0, 0.1) is 5.92 Å². The Bertz CT molecular complexity index is 1290. The van der Waals surface area contributed by atoms with Crippen LogP contribution in [-0.2, 0) is 32.0 Å². The van der Waals surface area contributed by atoms with Gasteiger partial charge in [0.2, 0.25) is 17.7 Å². The lowest BCUT2D eigenvalue weighted by Gasteiger charge is -2.24. The minimum atomic E-state index is -1.24. The zero-order valence-corrected chi connectivity index (χ0v) is 21.2. The largest absolute Gasteiger partial charge is 0.508 e. The van der Waals surface area contributed by atoms with Gasteiger partial charge in [-0.2, -0.15) is 0 Å². The third kappa shape index (κ3) is 7.56. The van der Waals surface area contributed by atoms with Crippen molar-refractivity contribution in [2.75, 3.05) is 6.54 Å². The number of nitrogens with one attached hydrogen (secondary N) is 4. The average Bonchev–Trinajstić information content (AvgIpc) is 3.28. The Balaban J connectivity index is 1.53. The molecule has 202 valence electrons. The number of aromatic amines is 1. The van der Waals surface area contributed by atoms with Crippen molar-refractivity contribution in [3.63, 3.8) is 0 Å². The summed E-state index contributed by atoms with van der Waals surface area (Å²) in [4.78, 5) is 52.8. The molecule has 0 bridgehead atoms. The van der Waals surface area contributed by atoms with Crippen LogP contribution in [0.25, 0.3) is 10.9 Å². The van der Waals surface area contributed by atoms with Crippen molar-refractivity contribution in [2.45, 2.75) is 44.8 Å². The van der Waals surface area contributed by atoms with Gasteiger partial charge >= 0.3 is 5.97 Å². The number of phenolic OH excluding ortho intramolecular Hbond substituents is 1. The van der Waals surface area contributed by atoms with Crippen LogP contribution in [0.1, 0.15) is 25.0 Å². The number of hydrogen-bond donors (Lipinski definition) is 7. The van der Waals surface area contributed by atoms with Gasteiger partial charge in [0.1, 0.15) is 17.8 Å². The van der Waals surface area contributed by atoms with Crippen LogP contribution in [0.4, 0.5) is 0 Å². The first-order valence-corrected chi connectivity index (χ1v) is 12.2. The van der Waals surface area contributed by atoms with E-state index in [2.05, 4.69) is 20.9 Å². The number of benzene rings is 2. The van der Waals surface area contributed by atoms with Gasteiger partial charge in [-0.15, -0.1) is 0 Å². The molecule has 0 aliphatic carbocycles. The van der Waals surface area contributed by atoms with Gasteiger partial charge in [-0.25, -0.2) is 4.79 Å². The van der Waals surface area contributed by atoms with Gasteiger partial charge in [0.15, 0.2) is 0 Å². The second kappa shape index (κ2) is 12.7. The van der Waals surface area contributed by atoms with E-state index in [0.29, 0.717) is 5.56 Å². The monoisotopic (exact) mass is 523 g/mol. The van der Waals surface area contributed by atoms with Crippen molar-refractivity contribution in [1.82, 2.24) is 20.9 Å². The number of para-hydroxylation sites is 1. The Kier molecular flexibility index (Phi) is 9.44. The number of hydrogen-bond acceptors (Lipinski definition) is 6. The van der Waals surface area contributed by atoms with Crippen LogP contribution in [0.15, 0.2) is 54.7 Å². The Morgan fingerprint density at radius 2 is 1.63 bits per heavy atom. The average molecular weight is 524 g/mol. The molecular formula is C27H33N5O6. The SMILES string of the molecule is CC(C)C(NC(=O)CNC(=O)C(N)Cc1c[nH]c2ccccc12)C(=O)NC(Cc1ccc(O)cc1)C(=O)O. The first-order valence-electron chi connectivity index (χ1n) is 12.2. The summed E-state index contributed by atoms with van der Waals surface area (Å²) in [6.07, 6.45) is 2.05. The Morgan fingerprint density at radius 3 is 2.29 bits per heavy atom. The number of carboxylic acid groups (broad SMARTS) is 1. The number of carbonyl (C=O) groups is 4. The summed E-state index contributed by atoms with van der Waals surface area (Å²) in [6.45, 7) is 3.01. The van der Waals surface area contributed by atoms with E-state index in [4.69, 9.17) is 5.73 Å². The maximum Gasteiger partial charge on any atom is 0.326 e. The molecule has 0 saturated heterocycles. The second-order valence-corrected chi connectivity index (χ2v) is 9.45. The summed E-state index contributed by atoms with van der Waals surface area (Å²) >= 11 is 0. The topological polar surface area (TPSA) is 187 Å². The molecule has 11 nitrogen and oxygen atoms in total. The van der Waals surface area contributed by atoms with Gasteiger partial charge in [0, 0.05) is 23.5 Å². The van der Waals surface area contributed by atoms with Crippen molar-refractivity contribution in [2.24, 2.45) is 11.7 Å². The highest BCUT2D eigenvalue weighted by Crippen LogP contribution is 2.18. The molecule has 8 N–H and O–H groups in total. The molecule has 3 aromatic rings. The fourth-order valence-electron chi connectivity index (χ4n) is 4.02. The molecule has 3 rings (SSSR count). The zero-order chi connectivity index (χ0) is 27.8. The molecule has 0 aliphatic rings. The highest BCUT2D eigenvalue weighted by molar-refractivity contribution is 5.93. The quantitative estimate of drug-likeness (QED) is 0.183. The third-order valence-electron chi connectivity index (χ3n) is 6.13. The van der Waals surface area contributed by atoms with Gasteiger partial charge in [-0.3, -0.25) is 14.4 Å². The van der Waals surface area contributed by atoms with E-state index >= 15 is 0 Å². The summed E-state index contributed by atoms with van der Waals surface area (Å²) in [5.41, 5.74) is 8.46. The number of rotatable bonds is 12. The number of phenols is 1. The fourth-order valence-corrected chi connectivity index (χ4v) is 4.02. The zero-order valence-electron chi connectivity index (χ0n) is 21.2. The predicted octanol–water partition coefficient (Wildman–Crippen LogP) is 0.812. The number of carboxylic acids is 1. The molecule has 1 aromatic heterocycles. The van der Waals surface area contributed by atoms with E-state index in [-0.39, 0.29) is 24.5 Å². The lowest BCUT2D eigenvalue weighted by molar-refractivity contribution is -0.142. The van der Waals surface area contributed by atoms with E-state index in [1.807, 2.05) is 24.3 Å². The van der Waals surface area contributed by atoms with Crippen LogP contribution < -0.4 is 21.7 Å². The van der Waals surface area contributed by atoms with Crippen LogP contribution >= 0.6 is 0 Å². The van der Waals surface area contributed by atoms with Crippen molar-refractivity contribution >= 4 is 34.6 Å². The van der Waals surface area contributed by atoms with Gasteiger partial charge in [0.05, 0.1) is 12.6 Å². The highest BCUT2D eigenvalue weighted by atomic mass is 16.4. The minimum Gasteiger partial charge on any atom is -0.508 e. The van der Waals surface area contributed by atoms with Gasteiger partial charge in [0.25, 0.3) is 0 Å². The van der Waals surface area contributed by atoms with Crippen molar-refractivity contribution in [1.29, 1.82) is 0 Å². The highest BCUT2D eigenvalue weighted by Gasteiger charge is 2.29. The van der Waals surface area contributed by atoms with E-state index in [1.165, 1.54) is 12.1 Å². The van der Waals surface area contributed by atoms with E-state index in [9.17, 15) is 29.4 Å². The molecule has 3 amide bonds. The minimum absolute atomic E-state index is 0.00943. The summed E-state index contributed by atoms with van der Waals surface area (Å²) in [6, 6.07) is 10.4. The Hall–Kier alpha value is -4.38. The summed E-state index contributed by atoms with van der Waals surface area (Å²) in [5, 5.41) is 27.5. The van der Waals surface area contributed by atoms with Gasteiger partial charge in [-0.05, 0) is 41.7 Å². The molecule has 0 fully saturated rings. The number of aromatic hydroxyl groups is 1. The summed E-state index contributed by atoms with van der Waals surface area (Å²) in [7, 11) is 0. The fraction of sp³-hybridized carbons (Fsp3) is 0.333. The maximum absolute atomic E-state index is 12.9. The van der Waals surface area contributed by atoms with Crippen LogP contribution in [0.5, 0.6) is 5.75 Å². The number of nitrogens with two attached hydrogens (primary N) is 1. The normalized spacial score (nSPS) is 13.5. The number of fused-ring (bicyclic) bond motifs is 1. The standard InChI is InChI=1S/C27H33N5O6/c1-15(2)24(26(36)31-22(27(37)38)11-16-7-9-18(33)10-8-16)32-23(34)14-30-25(35)20(28)12-17-13-29-21-6-4-3-5-19(17)21/h3-10,13,15,20,22,24,29,33H,11-12,14,28H2,1-2H3,(H,30,35)(H,31,36)(H,32,34)(H,37,38).